The van der Waals surface area contributed by atoms with Gasteiger partial charge in [0, 0.05) is 29.2 Å². The van der Waals surface area contributed by atoms with Gasteiger partial charge in [-0.25, -0.2) is 0 Å². The number of morpholine rings is 1. The fraction of sp³-hybridized carbons (Fsp3) is 0.417. The molecule has 92 valence electrons. The number of benzene rings is 1. The van der Waals surface area contributed by atoms with E-state index in [0.29, 0.717) is 13.0 Å². The molecular weight excluding hydrogens is 284 g/mol. The highest BCUT2D eigenvalue weighted by molar-refractivity contribution is 9.10. The minimum atomic E-state index is 0.00565. The minimum Gasteiger partial charge on any atom is -0.378 e. The minimum absolute atomic E-state index is 0.00565. The Balaban J connectivity index is 1.84. The zero-order chi connectivity index (χ0) is 12.1. The van der Waals surface area contributed by atoms with E-state index in [-0.39, 0.29) is 11.9 Å². The van der Waals surface area contributed by atoms with Crippen molar-refractivity contribution in [3.8, 4) is 0 Å². The predicted octanol–water partition coefficient (Wildman–Crippen LogP) is 1.77. The number of rotatable bonds is 3. The first-order chi connectivity index (χ1) is 8.24. The molecule has 2 N–H and O–H groups in total. The van der Waals surface area contributed by atoms with E-state index in [1.807, 2.05) is 24.3 Å². The second-order valence-electron chi connectivity index (χ2n) is 3.99. The molecular formula is C12H15BrN2O2. The van der Waals surface area contributed by atoms with Gasteiger partial charge in [0.25, 0.3) is 0 Å². The third-order valence-corrected chi connectivity index (χ3v) is 3.03. The Bertz CT molecular complexity index is 392. The molecule has 1 heterocycles. The van der Waals surface area contributed by atoms with Crippen molar-refractivity contribution in [3.05, 3.63) is 28.7 Å². The monoisotopic (exact) mass is 298 g/mol. The molecule has 1 atom stereocenters. The SMILES string of the molecule is O=C(CC1COCCN1)Nc1cccc(Br)c1. The standard InChI is InChI=1S/C12H15BrN2O2/c13-9-2-1-3-10(6-9)15-12(16)7-11-8-17-5-4-14-11/h1-3,6,11,14H,4-5,7-8H2,(H,15,16). The normalized spacial score (nSPS) is 19.9. The van der Waals surface area contributed by atoms with E-state index >= 15 is 0 Å². The maximum Gasteiger partial charge on any atom is 0.226 e. The maximum atomic E-state index is 11.8. The zero-order valence-corrected chi connectivity index (χ0v) is 11.0. The molecule has 2 rings (SSSR count). The van der Waals surface area contributed by atoms with Gasteiger partial charge >= 0.3 is 0 Å². The van der Waals surface area contributed by atoms with Gasteiger partial charge in [-0.3, -0.25) is 4.79 Å². The van der Waals surface area contributed by atoms with Crippen molar-refractivity contribution in [2.24, 2.45) is 0 Å². The molecule has 1 aliphatic rings. The van der Waals surface area contributed by atoms with Crippen molar-refractivity contribution in [2.75, 3.05) is 25.1 Å². The topological polar surface area (TPSA) is 50.4 Å². The second-order valence-corrected chi connectivity index (χ2v) is 4.90. The van der Waals surface area contributed by atoms with Gasteiger partial charge in [-0.2, -0.15) is 0 Å². The highest BCUT2D eigenvalue weighted by Crippen LogP contribution is 2.16. The lowest BCUT2D eigenvalue weighted by Gasteiger charge is -2.23. The number of amides is 1. The van der Waals surface area contributed by atoms with Gasteiger partial charge in [-0.1, -0.05) is 22.0 Å². The molecule has 17 heavy (non-hydrogen) atoms. The highest BCUT2D eigenvalue weighted by Gasteiger charge is 2.16. The first-order valence-electron chi connectivity index (χ1n) is 5.60. The second kappa shape index (κ2) is 6.14. The van der Waals surface area contributed by atoms with Gasteiger partial charge < -0.3 is 15.4 Å². The fourth-order valence-corrected chi connectivity index (χ4v) is 2.15. The van der Waals surface area contributed by atoms with Gasteiger partial charge in [-0.15, -0.1) is 0 Å². The van der Waals surface area contributed by atoms with Crippen molar-refractivity contribution >= 4 is 27.5 Å². The summed E-state index contributed by atoms with van der Waals surface area (Å²) in [5, 5.41) is 6.12. The number of carbonyl (C=O) groups excluding carboxylic acids is 1. The number of hydrogen-bond donors (Lipinski definition) is 2. The van der Waals surface area contributed by atoms with E-state index in [4.69, 9.17) is 4.74 Å². The first-order valence-corrected chi connectivity index (χ1v) is 6.40. The van der Waals surface area contributed by atoms with Gasteiger partial charge in [0.05, 0.1) is 13.2 Å². The molecule has 1 amide bonds. The number of carbonyl (C=O) groups is 1. The third-order valence-electron chi connectivity index (χ3n) is 2.54. The molecule has 1 aromatic carbocycles. The number of hydrogen-bond acceptors (Lipinski definition) is 3. The Kier molecular flexibility index (Phi) is 4.53. The summed E-state index contributed by atoms with van der Waals surface area (Å²) in [5.74, 6) is 0.00565. The summed E-state index contributed by atoms with van der Waals surface area (Å²) in [6, 6.07) is 7.68. The lowest BCUT2D eigenvalue weighted by molar-refractivity contribution is -0.117. The van der Waals surface area contributed by atoms with Crippen LogP contribution in [0.3, 0.4) is 0 Å². The summed E-state index contributed by atoms with van der Waals surface area (Å²) in [7, 11) is 0. The number of halogens is 1. The molecule has 4 nitrogen and oxygen atoms in total. The van der Waals surface area contributed by atoms with E-state index in [1.54, 1.807) is 0 Å². The van der Waals surface area contributed by atoms with Gasteiger partial charge in [-0.05, 0) is 18.2 Å². The molecule has 1 fully saturated rings. The van der Waals surface area contributed by atoms with Gasteiger partial charge in [0.1, 0.15) is 0 Å². The molecule has 5 heteroatoms. The van der Waals surface area contributed by atoms with E-state index < -0.39 is 0 Å². The molecule has 1 aliphatic heterocycles. The quantitative estimate of drug-likeness (QED) is 0.894. The Hall–Kier alpha value is -0.910. The molecule has 0 aliphatic carbocycles. The smallest absolute Gasteiger partial charge is 0.226 e. The van der Waals surface area contributed by atoms with Crippen molar-refractivity contribution in [3.63, 3.8) is 0 Å². The van der Waals surface area contributed by atoms with E-state index in [0.717, 1.165) is 23.3 Å². The van der Waals surface area contributed by atoms with Crippen molar-refractivity contribution in [1.82, 2.24) is 5.32 Å². The van der Waals surface area contributed by atoms with Crippen LogP contribution in [-0.4, -0.2) is 31.7 Å². The van der Waals surface area contributed by atoms with Crippen LogP contribution < -0.4 is 10.6 Å². The van der Waals surface area contributed by atoms with Crippen LogP contribution in [-0.2, 0) is 9.53 Å². The average molecular weight is 299 g/mol. The number of anilines is 1. The molecule has 0 radical (unpaired) electrons. The van der Waals surface area contributed by atoms with Crippen LogP contribution in [0, 0.1) is 0 Å². The van der Waals surface area contributed by atoms with Crippen molar-refractivity contribution in [2.45, 2.75) is 12.5 Å². The molecule has 0 spiro atoms. The van der Waals surface area contributed by atoms with Crippen LogP contribution in [0.15, 0.2) is 28.7 Å². The zero-order valence-electron chi connectivity index (χ0n) is 9.41. The van der Waals surface area contributed by atoms with Crippen LogP contribution >= 0.6 is 15.9 Å². The van der Waals surface area contributed by atoms with Crippen LogP contribution in [0.25, 0.3) is 0 Å². The first kappa shape index (κ1) is 12.5. The van der Waals surface area contributed by atoms with Crippen molar-refractivity contribution < 1.29 is 9.53 Å². The molecule has 1 saturated heterocycles. The van der Waals surface area contributed by atoms with E-state index in [1.165, 1.54) is 0 Å². The largest absolute Gasteiger partial charge is 0.378 e. The van der Waals surface area contributed by atoms with Crippen LogP contribution in [0.4, 0.5) is 5.69 Å². The van der Waals surface area contributed by atoms with Crippen LogP contribution in [0.5, 0.6) is 0 Å². The summed E-state index contributed by atoms with van der Waals surface area (Å²) in [5.41, 5.74) is 0.807. The van der Waals surface area contributed by atoms with E-state index in [2.05, 4.69) is 26.6 Å². The Labute approximate surface area is 109 Å². The van der Waals surface area contributed by atoms with Gasteiger partial charge in [0.15, 0.2) is 0 Å². The maximum absolute atomic E-state index is 11.8. The lowest BCUT2D eigenvalue weighted by atomic mass is 10.2. The summed E-state index contributed by atoms with van der Waals surface area (Å²) in [4.78, 5) is 11.8. The summed E-state index contributed by atoms with van der Waals surface area (Å²) < 4.78 is 6.26. The van der Waals surface area contributed by atoms with Gasteiger partial charge in [0.2, 0.25) is 5.91 Å². The predicted molar refractivity (Wildman–Crippen MR) is 70.0 cm³/mol. The van der Waals surface area contributed by atoms with Crippen LogP contribution in [0.2, 0.25) is 0 Å². The van der Waals surface area contributed by atoms with Crippen LogP contribution in [0.1, 0.15) is 6.42 Å². The van der Waals surface area contributed by atoms with E-state index in [9.17, 15) is 4.79 Å². The molecule has 0 aromatic heterocycles. The third kappa shape index (κ3) is 4.11. The summed E-state index contributed by atoms with van der Waals surface area (Å²) in [6.07, 6.45) is 0.437. The Morgan fingerprint density at radius 2 is 2.47 bits per heavy atom. The summed E-state index contributed by atoms with van der Waals surface area (Å²) in [6.45, 7) is 2.14. The average Bonchev–Trinajstić information content (AvgIpc) is 2.30. The summed E-state index contributed by atoms with van der Waals surface area (Å²) >= 11 is 3.37. The fourth-order valence-electron chi connectivity index (χ4n) is 1.75. The molecule has 0 bridgehead atoms. The molecule has 1 aromatic rings. The molecule has 0 saturated carbocycles. The highest BCUT2D eigenvalue weighted by atomic mass is 79.9. The Morgan fingerprint density at radius 3 is 3.18 bits per heavy atom. The lowest BCUT2D eigenvalue weighted by Crippen LogP contribution is -2.43. The Morgan fingerprint density at radius 1 is 1.59 bits per heavy atom. The number of nitrogens with one attached hydrogen (secondary N) is 2. The molecule has 1 unspecified atom stereocenters. The number of ether oxygens (including phenoxy) is 1. The van der Waals surface area contributed by atoms with Crippen molar-refractivity contribution in [1.29, 1.82) is 0 Å².